The molecule has 1 N–H and O–H groups in total. The third-order valence-electron chi connectivity index (χ3n) is 2.03. The molecule has 0 saturated heterocycles. The van der Waals surface area contributed by atoms with Crippen molar-refractivity contribution in [1.29, 1.82) is 0 Å². The number of para-hydroxylation sites is 1. The maximum Gasteiger partial charge on any atom is 0.339 e. The highest BCUT2D eigenvalue weighted by atomic mass is 32.2. The van der Waals surface area contributed by atoms with Crippen LogP contribution in [0.4, 0.5) is 0 Å². The first-order valence-corrected chi connectivity index (χ1v) is 7.09. The Bertz CT molecular complexity index is 492. The monoisotopic (exact) mass is 258 g/mol. The number of aromatic carboxylic acids is 1. The Morgan fingerprint density at radius 3 is 2.59 bits per heavy atom. The van der Waals surface area contributed by atoms with Gasteiger partial charge in [0.1, 0.15) is 21.2 Å². The van der Waals surface area contributed by atoms with Gasteiger partial charge in [-0.1, -0.05) is 12.1 Å². The van der Waals surface area contributed by atoms with E-state index in [1.165, 1.54) is 6.07 Å². The zero-order valence-electron chi connectivity index (χ0n) is 9.42. The van der Waals surface area contributed by atoms with E-state index in [-0.39, 0.29) is 23.7 Å². The van der Waals surface area contributed by atoms with E-state index in [2.05, 4.69) is 0 Å². The first-order chi connectivity index (χ1) is 7.90. The number of carbonyl (C=O) groups is 1. The molecular weight excluding hydrogens is 244 g/mol. The van der Waals surface area contributed by atoms with Crippen LogP contribution in [-0.4, -0.2) is 38.1 Å². The fourth-order valence-electron chi connectivity index (χ4n) is 1.27. The van der Waals surface area contributed by atoms with Crippen LogP contribution in [0.1, 0.15) is 16.8 Å². The lowest BCUT2D eigenvalue weighted by molar-refractivity contribution is 0.0692. The van der Waals surface area contributed by atoms with Gasteiger partial charge in [0, 0.05) is 6.26 Å². The summed E-state index contributed by atoms with van der Waals surface area (Å²) in [6, 6.07) is 6.25. The molecule has 0 heterocycles. The van der Waals surface area contributed by atoms with Gasteiger partial charge in [-0.2, -0.15) is 0 Å². The Balaban J connectivity index is 2.55. The van der Waals surface area contributed by atoms with Crippen LogP contribution in [0.2, 0.25) is 0 Å². The van der Waals surface area contributed by atoms with Crippen LogP contribution in [0.15, 0.2) is 24.3 Å². The molecule has 0 bridgehead atoms. The van der Waals surface area contributed by atoms with Crippen LogP contribution in [0.25, 0.3) is 0 Å². The molecule has 0 saturated carbocycles. The van der Waals surface area contributed by atoms with E-state index in [9.17, 15) is 13.2 Å². The predicted octanol–water partition coefficient (Wildman–Crippen LogP) is 1.20. The van der Waals surface area contributed by atoms with Gasteiger partial charge in [0.2, 0.25) is 0 Å². The number of sulfone groups is 1. The zero-order chi connectivity index (χ0) is 12.9. The van der Waals surface area contributed by atoms with Crippen molar-refractivity contribution in [3.05, 3.63) is 29.8 Å². The van der Waals surface area contributed by atoms with Crippen molar-refractivity contribution in [2.45, 2.75) is 6.42 Å². The lowest BCUT2D eigenvalue weighted by atomic mass is 10.2. The first-order valence-electron chi connectivity index (χ1n) is 5.03. The molecule has 0 aromatic heterocycles. The molecule has 94 valence electrons. The number of hydrogen-bond donors (Lipinski definition) is 1. The van der Waals surface area contributed by atoms with E-state index in [1.807, 2.05) is 0 Å². The van der Waals surface area contributed by atoms with E-state index in [0.717, 1.165) is 6.26 Å². The Labute approximate surface area is 100.0 Å². The molecule has 0 fully saturated rings. The third kappa shape index (κ3) is 4.86. The molecule has 0 spiro atoms. The second-order valence-electron chi connectivity index (χ2n) is 3.63. The van der Waals surface area contributed by atoms with Gasteiger partial charge < -0.3 is 9.84 Å². The van der Waals surface area contributed by atoms with Gasteiger partial charge in [-0.15, -0.1) is 0 Å². The number of rotatable bonds is 6. The topological polar surface area (TPSA) is 80.7 Å². The molecule has 0 aliphatic rings. The Hall–Kier alpha value is -1.56. The molecule has 0 unspecified atom stereocenters. The normalized spacial score (nSPS) is 11.1. The van der Waals surface area contributed by atoms with Crippen LogP contribution in [-0.2, 0) is 9.84 Å². The van der Waals surface area contributed by atoms with Crippen molar-refractivity contribution in [2.24, 2.45) is 0 Å². The average molecular weight is 258 g/mol. The molecule has 6 heteroatoms. The van der Waals surface area contributed by atoms with E-state index >= 15 is 0 Å². The van der Waals surface area contributed by atoms with Crippen molar-refractivity contribution < 1.29 is 23.1 Å². The second kappa shape index (κ2) is 5.67. The van der Waals surface area contributed by atoms with E-state index < -0.39 is 15.8 Å². The average Bonchev–Trinajstić information content (AvgIpc) is 2.23. The fraction of sp³-hybridized carbons (Fsp3) is 0.364. The van der Waals surface area contributed by atoms with Crippen molar-refractivity contribution in [3.63, 3.8) is 0 Å². The number of carboxylic acid groups (broad SMARTS) is 1. The SMILES string of the molecule is CS(=O)(=O)CCCOc1ccccc1C(=O)O. The maximum absolute atomic E-state index is 10.9. The Morgan fingerprint density at radius 2 is 2.00 bits per heavy atom. The van der Waals surface area contributed by atoms with Crippen LogP contribution < -0.4 is 4.74 Å². The van der Waals surface area contributed by atoms with E-state index in [4.69, 9.17) is 9.84 Å². The summed E-state index contributed by atoms with van der Waals surface area (Å²) in [6.45, 7) is 0.178. The highest BCUT2D eigenvalue weighted by molar-refractivity contribution is 7.90. The summed E-state index contributed by atoms with van der Waals surface area (Å²) in [5.74, 6) is -0.778. The van der Waals surface area contributed by atoms with Crippen LogP contribution in [0, 0.1) is 0 Å². The standard InChI is InChI=1S/C11H14O5S/c1-17(14,15)8-4-7-16-10-6-3-2-5-9(10)11(12)13/h2-3,5-6H,4,7-8H2,1H3,(H,12,13). The molecule has 0 atom stereocenters. The van der Waals surface area contributed by atoms with Gasteiger partial charge in [0.05, 0.1) is 12.4 Å². The zero-order valence-corrected chi connectivity index (χ0v) is 10.2. The van der Waals surface area contributed by atoms with E-state index in [1.54, 1.807) is 18.2 Å². The van der Waals surface area contributed by atoms with Crippen molar-refractivity contribution in [2.75, 3.05) is 18.6 Å². The van der Waals surface area contributed by atoms with Gasteiger partial charge in [-0.25, -0.2) is 13.2 Å². The Kier molecular flexibility index (Phi) is 4.51. The number of ether oxygens (including phenoxy) is 1. The molecule has 0 radical (unpaired) electrons. The van der Waals surface area contributed by atoms with Gasteiger partial charge in [0.15, 0.2) is 0 Å². The van der Waals surface area contributed by atoms with Gasteiger partial charge in [-0.3, -0.25) is 0 Å². The summed E-state index contributed by atoms with van der Waals surface area (Å²) in [4.78, 5) is 10.8. The molecule has 0 amide bonds. The van der Waals surface area contributed by atoms with Gasteiger partial charge in [-0.05, 0) is 18.6 Å². The number of hydrogen-bond acceptors (Lipinski definition) is 4. The lowest BCUT2D eigenvalue weighted by Gasteiger charge is -2.08. The molecule has 1 aromatic rings. The molecule has 1 rings (SSSR count). The maximum atomic E-state index is 10.9. The Morgan fingerprint density at radius 1 is 1.35 bits per heavy atom. The van der Waals surface area contributed by atoms with Crippen LogP contribution in [0.3, 0.4) is 0 Å². The first kappa shape index (κ1) is 13.5. The quantitative estimate of drug-likeness (QED) is 0.775. The highest BCUT2D eigenvalue weighted by Crippen LogP contribution is 2.17. The molecule has 1 aromatic carbocycles. The molecule has 17 heavy (non-hydrogen) atoms. The van der Waals surface area contributed by atoms with Crippen molar-refractivity contribution >= 4 is 15.8 Å². The highest BCUT2D eigenvalue weighted by Gasteiger charge is 2.10. The van der Waals surface area contributed by atoms with Crippen LogP contribution in [0.5, 0.6) is 5.75 Å². The summed E-state index contributed by atoms with van der Waals surface area (Å²) >= 11 is 0. The van der Waals surface area contributed by atoms with Gasteiger partial charge >= 0.3 is 5.97 Å². The molecule has 0 aliphatic carbocycles. The summed E-state index contributed by atoms with van der Waals surface area (Å²) < 4.78 is 27.0. The predicted molar refractivity (Wildman–Crippen MR) is 63.2 cm³/mol. The second-order valence-corrected chi connectivity index (χ2v) is 5.89. The number of carboxylic acids is 1. The largest absolute Gasteiger partial charge is 0.493 e. The molecular formula is C11H14O5S. The molecule has 0 aliphatic heterocycles. The van der Waals surface area contributed by atoms with Gasteiger partial charge in [0.25, 0.3) is 0 Å². The summed E-state index contributed by atoms with van der Waals surface area (Å²) in [6.07, 6.45) is 1.49. The molecule has 5 nitrogen and oxygen atoms in total. The lowest BCUT2D eigenvalue weighted by Crippen LogP contribution is -2.09. The minimum Gasteiger partial charge on any atom is -0.493 e. The van der Waals surface area contributed by atoms with Crippen molar-refractivity contribution in [3.8, 4) is 5.75 Å². The minimum absolute atomic E-state index is 0.0300. The summed E-state index contributed by atoms with van der Waals surface area (Å²) in [5, 5.41) is 8.88. The summed E-state index contributed by atoms with van der Waals surface area (Å²) in [7, 11) is -3.00. The third-order valence-corrected chi connectivity index (χ3v) is 3.06. The fourth-order valence-corrected chi connectivity index (χ4v) is 1.91. The smallest absolute Gasteiger partial charge is 0.339 e. The summed E-state index contributed by atoms with van der Waals surface area (Å²) in [5.41, 5.74) is 0.0758. The minimum atomic E-state index is -3.00. The van der Waals surface area contributed by atoms with Crippen LogP contribution >= 0.6 is 0 Å². The van der Waals surface area contributed by atoms with E-state index in [0.29, 0.717) is 6.42 Å². The van der Waals surface area contributed by atoms with Crippen molar-refractivity contribution in [1.82, 2.24) is 0 Å². The number of benzene rings is 1.